The second-order valence-electron chi connectivity index (χ2n) is 5.49. The SMILES string of the molecule is Cc1cccc(NC(=O)C(Cc2ccccc2)NC(N)=O)c1C. The molecule has 0 saturated carbocycles. The molecule has 23 heavy (non-hydrogen) atoms. The van der Waals surface area contributed by atoms with E-state index in [0.717, 1.165) is 22.4 Å². The van der Waals surface area contributed by atoms with Gasteiger partial charge < -0.3 is 16.4 Å². The second-order valence-corrected chi connectivity index (χ2v) is 5.49. The third kappa shape index (κ3) is 4.57. The van der Waals surface area contributed by atoms with Crippen molar-refractivity contribution < 1.29 is 9.59 Å². The van der Waals surface area contributed by atoms with Gasteiger partial charge in [-0.2, -0.15) is 0 Å². The van der Waals surface area contributed by atoms with E-state index in [4.69, 9.17) is 5.73 Å². The molecule has 0 saturated heterocycles. The van der Waals surface area contributed by atoms with Crippen molar-refractivity contribution in [3.63, 3.8) is 0 Å². The Kier molecular flexibility index (Phi) is 5.36. The van der Waals surface area contributed by atoms with Crippen LogP contribution in [0.4, 0.5) is 10.5 Å². The van der Waals surface area contributed by atoms with Crippen LogP contribution in [0.25, 0.3) is 0 Å². The third-order valence-electron chi connectivity index (χ3n) is 3.78. The molecule has 0 bridgehead atoms. The Hall–Kier alpha value is -2.82. The quantitative estimate of drug-likeness (QED) is 0.792. The maximum atomic E-state index is 12.5. The maximum absolute atomic E-state index is 12.5. The summed E-state index contributed by atoms with van der Waals surface area (Å²) in [5.41, 5.74) is 8.97. The Morgan fingerprint density at radius 3 is 2.39 bits per heavy atom. The molecule has 0 heterocycles. The minimum Gasteiger partial charge on any atom is -0.352 e. The second kappa shape index (κ2) is 7.45. The van der Waals surface area contributed by atoms with Gasteiger partial charge in [0.1, 0.15) is 6.04 Å². The van der Waals surface area contributed by atoms with Crippen LogP contribution in [0.3, 0.4) is 0 Å². The zero-order valence-electron chi connectivity index (χ0n) is 13.3. The van der Waals surface area contributed by atoms with Crippen LogP contribution >= 0.6 is 0 Å². The summed E-state index contributed by atoms with van der Waals surface area (Å²) in [7, 11) is 0. The van der Waals surface area contributed by atoms with E-state index in [0.29, 0.717) is 6.42 Å². The van der Waals surface area contributed by atoms with E-state index >= 15 is 0 Å². The lowest BCUT2D eigenvalue weighted by molar-refractivity contribution is -0.117. The van der Waals surface area contributed by atoms with Crippen LogP contribution < -0.4 is 16.4 Å². The van der Waals surface area contributed by atoms with Crippen molar-refractivity contribution in [3.8, 4) is 0 Å². The number of hydrogen-bond donors (Lipinski definition) is 3. The first-order valence-electron chi connectivity index (χ1n) is 7.44. The number of benzene rings is 2. The van der Waals surface area contributed by atoms with Gasteiger partial charge in [-0.1, -0.05) is 42.5 Å². The lowest BCUT2D eigenvalue weighted by Crippen LogP contribution is -2.47. The summed E-state index contributed by atoms with van der Waals surface area (Å²) in [5, 5.41) is 5.38. The van der Waals surface area contributed by atoms with Crippen LogP contribution in [0.2, 0.25) is 0 Å². The van der Waals surface area contributed by atoms with Crippen molar-refractivity contribution >= 4 is 17.6 Å². The minimum absolute atomic E-state index is 0.290. The van der Waals surface area contributed by atoms with E-state index in [1.807, 2.05) is 62.4 Å². The molecular formula is C18H21N3O2. The van der Waals surface area contributed by atoms with Crippen LogP contribution in [0.5, 0.6) is 0 Å². The maximum Gasteiger partial charge on any atom is 0.312 e. The fourth-order valence-corrected chi connectivity index (χ4v) is 2.34. The first kappa shape index (κ1) is 16.5. The van der Waals surface area contributed by atoms with Crippen molar-refractivity contribution in [1.29, 1.82) is 0 Å². The number of aryl methyl sites for hydroxylation is 1. The predicted molar refractivity (Wildman–Crippen MR) is 91.2 cm³/mol. The molecule has 0 spiro atoms. The molecular weight excluding hydrogens is 290 g/mol. The van der Waals surface area contributed by atoms with E-state index in [-0.39, 0.29) is 5.91 Å². The van der Waals surface area contributed by atoms with E-state index in [1.54, 1.807) is 0 Å². The van der Waals surface area contributed by atoms with Gasteiger partial charge >= 0.3 is 6.03 Å². The van der Waals surface area contributed by atoms with Crippen molar-refractivity contribution in [2.75, 3.05) is 5.32 Å². The van der Waals surface area contributed by atoms with Crippen molar-refractivity contribution in [1.82, 2.24) is 5.32 Å². The number of nitrogens with two attached hydrogens (primary N) is 1. The highest BCUT2D eigenvalue weighted by Gasteiger charge is 2.21. The standard InChI is InChI=1S/C18H21N3O2/c1-12-7-6-10-15(13(12)2)20-17(22)16(21-18(19)23)11-14-8-4-3-5-9-14/h3-10,16H,11H2,1-2H3,(H,20,22)(H3,19,21,23). The van der Waals surface area contributed by atoms with Gasteiger partial charge in [0.2, 0.25) is 5.91 Å². The van der Waals surface area contributed by atoms with Gasteiger partial charge in [-0.05, 0) is 36.6 Å². The third-order valence-corrected chi connectivity index (χ3v) is 3.78. The van der Waals surface area contributed by atoms with Crippen LogP contribution in [0, 0.1) is 13.8 Å². The van der Waals surface area contributed by atoms with Crippen LogP contribution in [-0.2, 0) is 11.2 Å². The fourth-order valence-electron chi connectivity index (χ4n) is 2.34. The van der Waals surface area contributed by atoms with Crippen molar-refractivity contribution in [3.05, 3.63) is 65.2 Å². The summed E-state index contributed by atoms with van der Waals surface area (Å²) in [4.78, 5) is 23.7. The highest BCUT2D eigenvalue weighted by atomic mass is 16.2. The lowest BCUT2D eigenvalue weighted by atomic mass is 10.0. The molecule has 2 rings (SSSR count). The van der Waals surface area contributed by atoms with E-state index < -0.39 is 12.1 Å². The molecule has 2 aromatic rings. The summed E-state index contributed by atoms with van der Waals surface area (Å²) in [6.45, 7) is 3.92. The molecule has 1 unspecified atom stereocenters. The number of carbonyl (C=O) groups excluding carboxylic acids is 2. The highest BCUT2D eigenvalue weighted by Crippen LogP contribution is 2.18. The van der Waals surface area contributed by atoms with Crippen LogP contribution in [0.1, 0.15) is 16.7 Å². The van der Waals surface area contributed by atoms with Crippen LogP contribution in [-0.4, -0.2) is 18.0 Å². The van der Waals surface area contributed by atoms with Gasteiger partial charge in [0.25, 0.3) is 0 Å². The smallest absolute Gasteiger partial charge is 0.312 e. The Morgan fingerprint density at radius 1 is 1.04 bits per heavy atom. The molecule has 4 N–H and O–H groups in total. The molecule has 3 amide bonds. The number of amides is 3. The summed E-state index contributed by atoms with van der Waals surface area (Å²) in [6.07, 6.45) is 0.375. The predicted octanol–water partition coefficient (Wildman–Crippen LogP) is 2.52. The average molecular weight is 311 g/mol. The molecule has 5 nitrogen and oxygen atoms in total. The molecule has 0 aliphatic carbocycles. The van der Waals surface area contributed by atoms with Crippen molar-refractivity contribution in [2.45, 2.75) is 26.3 Å². The summed E-state index contributed by atoms with van der Waals surface area (Å²) in [5.74, 6) is -0.290. The Balaban J connectivity index is 2.16. The summed E-state index contributed by atoms with van der Waals surface area (Å²) >= 11 is 0. The molecule has 120 valence electrons. The number of anilines is 1. The van der Waals surface area contributed by atoms with E-state index in [2.05, 4.69) is 10.6 Å². The fraction of sp³-hybridized carbons (Fsp3) is 0.222. The first-order valence-corrected chi connectivity index (χ1v) is 7.44. The normalized spacial score (nSPS) is 11.6. The number of urea groups is 1. The zero-order chi connectivity index (χ0) is 16.8. The van der Waals surface area contributed by atoms with E-state index in [9.17, 15) is 9.59 Å². The van der Waals surface area contributed by atoms with Gasteiger partial charge in [-0.25, -0.2) is 4.79 Å². The van der Waals surface area contributed by atoms with E-state index in [1.165, 1.54) is 0 Å². The van der Waals surface area contributed by atoms with Gasteiger partial charge in [0, 0.05) is 12.1 Å². The monoisotopic (exact) mass is 311 g/mol. The summed E-state index contributed by atoms with van der Waals surface area (Å²) < 4.78 is 0. The van der Waals surface area contributed by atoms with Gasteiger partial charge in [-0.15, -0.1) is 0 Å². The van der Waals surface area contributed by atoms with Crippen molar-refractivity contribution in [2.24, 2.45) is 5.73 Å². The topological polar surface area (TPSA) is 84.2 Å². The zero-order valence-corrected chi connectivity index (χ0v) is 13.3. The first-order chi connectivity index (χ1) is 11.0. The lowest BCUT2D eigenvalue weighted by Gasteiger charge is -2.18. The Labute approximate surface area is 135 Å². The van der Waals surface area contributed by atoms with Gasteiger partial charge in [0.15, 0.2) is 0 Å². The summed E-state index contributed by atoms with van der Waals surface area (Å²) in [6, 6.07) is 13.7. The molecule has 2 aromatic carbocycles. The molecule has 1 atom stereocenters. The number of hydrogen-bond acceptors (Lipinski definition) is 2. The Bertz CT molecular complexity index is 699. The number of carbonyl (C=O) groups is 2. The molecule has 0 aliphatic rings. The average Bonchev–Trinajstić information content (AvgIpc) is 2.52. The molecule has 5 heteroatoms. The minimum atomic E-state index is -0.727. The van der Waals surface area contributed by atoms with Crippen LogP contribution in [0.15, 0.2) is 48.5 Å². The molecule has 0 radical (unpaired) electrons. The number of primary amides is 1. The number of rotatable bonds is 5. The molecule has 0 fully saturated rings. The van der Waals surface area contributed by atoms with Gasteiger partial charge in [0.05, 0.1) is 0 Å². The Morgan fingerprint density at radius 2 is 1.74 bits per heavy atom. The highest BCUT2D eigenvalue weighted by molar-refractivity contribution is 5.97. The largest absolute Gasteiger partial charge is 0.352 e. The number of nitrogens with one attached hydrogen (secondary N) is 2. The molecule has 0 aromatic heterocycles. The molecule has 0 aliphatic heterocycles. The van der Waals surface area contributed by atoms with Gasteiger partial charge in [-0.3, -0.25) is 4.79 Å².